The number of benzene rings is 1. The molecule has 0 bridgehead atoms. The summed E-state index contributed by atoms with van der Waals surface area (Å²) in [5, 5.41) is 17.7. The van der Waals surface area contributed by atoms with E-state index in [1.807, 2.05) is 0 Å². The molecule has 1 rings (SSSR count). The Balaban J connectivity index is 3.20. The van der Waals surface area contributed by atoms with Gasteiger partial charge in [-0.3, -0.25) is 0 Å². The maximum atomic E-state index is 13.2. The number of nitrogens with two attached hydrogens (primary N) is 1. The largest absolute Gasteiger partial charge is 0.505 e. The van der Waals surface area contributed by atoms with E-state index in [2.05, 4.69) is 15.9 Å². The van der Waals surface area contributed by atoms with Crippen LogP contribution in [0.1, 0.15) is 11.6 Å². The van der Waals surface area contributed by atoms with Crippen molar-refractivity contribution in [2.45, 2.75) is 12.0 Å². The van der Waals surface area contributed by atoms with Crippen molar-refractivity contribution in [3.05, 3.63) is 28.0 Å². The Kier molecular flexibility index (Phi) is 3.82. The molecule has 0 unspecified atom stereocenters. The van der Waals surface area contributed by atoms with Crippen LogP contribution in [-0.4, -0.2) is 22.7 Å². The van der Waals surface area contributed by atoms with E-state index in [0.29, 0.717) is 0 Å². The van der Waals surface area contributed by atoms with Gasteiger partial charge in [0.15, 0.2) is 11.6 Å². The fourth-order valence-corrected chi connectivity index (χ4v) is 1.45. The van der Waals surface area contributed by atoms with Crippen molar-refractivity contribution < 1.29 is 23.4 Å². The molecule has 7 heteroatoms. The van der Waals surface area contributed by atoms with E-state index in [1.54, 1.807) is 0 Å². The fourth-order valence-electron chi connectivity index (χ4n) is 1.13. The van der Waals surface area contributed by atoms with Crippen LogP contribution >= 0.6 is 15.9 Å². The number of rotatable bonds is 3. The van der Waals surface area contributed by atoms with Crippen molar-refractivity contribution in [2.24, 2.45) is 5.73 Å². The topological polar surface area (TPSA) is 66.5 Å². The number of aromatic hydroxyl groups is 1. The van der Waals surface area contributed by atoms with E-state index < -0.39 is 35.7 Å². The lowest BCUT2D eigenvalue weighted by molar-refractivity contribution is -0.0716. The zero-order valence-corrected chi connectivity index (χ0v) is 9.51. The standard InChI is InChI=1S/C9H9BrF3NO2/c10-5-2-1-4(7(16)6(5)11)8(14)9(12,13)3-15/h1-2,8,15-16H,3,14H2/t8-/m0/s1. The third kappa shape index (κ3) is 2.31. The van der Waals surface area contributed by atoms with Crippen LogP contribution in [0.3, 0.4) is 0 Å². The van der Waals surface area contributed by atoms with Crippen LogP contribution in [-0.2, 0) is 0 Å². The highest BCUT2D eigenvalue weighted by Crippen LogP contribution is 2.37. The molecule has 1 aromatic rings. The Bertz CT molecular complexity index is 401. The number of phenols is 1. The van der Waals surface area contributed by atoms with Crippen LogP contribution in [0.4, 0.5) is 13.2 Å². The fraction of sp³-hybridized carbons (Fsp3) is 0.333. The number of hydrogen-bond acceptors (Lipinski definition) is 3. The smallest absolute Gasteiger partial charge is 0.289 e. The molecule has 90 valence electrons. The molecule has 0 aliphatic carbocycles. The molecule has 0 radical (unpaired) electrons. The third-order valence-corrected chi connectivity index (χ3v) is 2.71. The molecule has 0 fully saturated rings. The first-order valence-corrected chi connectivity index (χ1v) is 5.01. The molecular weight excluding hydrogens is 291 g/mol. The van der Waals surface area contributed by atoms with Crippen molar-refractivity contribution in [3.8, 4) is 5.75 Å². The molecule has 3 nitrogen and oxygen atoms in total. The Morgan fingerprint density at radius 2 is 2.00 bits per heavy atom. The molecule has 0 saturated heterocycles. The number of alkyl halides is 2. The predicted molar refractivity (Wildman–Crippen MR) is 54.7 cm³/mol. The SMILES string of the molecule is N[C@@H](c1ccc(Br)c(F)c1O)C(F)(F)CO. The van der Waals surface area contributed by atoms with Crippen molar-refractivity contribution in [3.63, 3.8) is 0 Å². The van der Waals surface area contributed by atoms with Gasteiger partial charge in [0.25, 0.3) is 5.92 Å². The Hall–Kier alpha value is -0.790. The first-order valence-electron chi connectivity index (χ1n) is 4.22. The Morgan fingerprint density at radius 3 is 2.50 bits per heavy atom. The summed E-state index contributed by atoms with van der Waals surface area (Å²) in [5.41, 5.74) is 4.69. The van der Waals surface area contributed by atoms with E-state index in [9.17, 15) is 18.3 Å². The summed E-state index contributed by atoms with van der Waals surface area (Å²) in [4.78, 5) is 0. The van der Waals surface area contributed by atoms with Crippen LogP contribution in [0.25, 0.3) is 0 Å². The maximum absolute atomic E-state index is 13.2. The minimum absolute atomic E-state index is 0.0618. The normalized spacial score (nSPS) is 13.9. The van der Waals surface area contributed by atoms with Crippen LogP contribution in [0.5, 0.6) is 5.75 Å². The number of aliphatic hydroxyl groups is 1. The lowest BCUT2D eigenvalue weighted by atomic mass is 10.0. The maximum Gasteiger partial charge on any atom is 0.289 e. The van der Waals surface area contributed by atoms with Gasteiger partial charge in [0.2, 0.25) is 0 Å². The first-order chi connectivity index (χ1) is 7.31. The highest BCUT2D eigenvalue weighted by Gasteiger charge is 2.39. The molecule has 0 heterocycles. The average Bonchev–Trinajstić information content (AvgIpc) is 2.25. The molecule has 4 N–H and O–H groups in total. The molecule has 16 heavy (non-hydrogen) atoms. The van der Waals surface area contributed by atoms with Gasteiger partial charge >= 0.3 is 0 Å². The highest BCUT2D eigenvalue weighted by molar-refractivity contribution is 9.10. The van der Waals surface area contributed by atoms with Gasteiger partial charge in [-0.2, -0.15) is 0 Å². The Morgan fingerprint density at radius 1 is 1.44 bits per heavy atom. The third-order valence-electron chi connectivity index (χ3n) is 2.10. The highest BCUT2D eigenvalue weighted by atomic mass is 79.9. The van der Waals surface area contributed by atoms with E-state index >= 15 is 0 Å². The average molecular weight is 300 g/mol. The minimum Gasteiger partial charge on any atom is -0.505 e. The van der Waals surface area contributed by atoms with Crippen molar-refractivity contribution in [1.82, 2.24) is 0 Å². The van der Waals surface area contributed by atoms with E-state index in [0.717, 1.165) is 12.1 Å². The molecule has 0 spiro atoms. The van der Waals surface area contributed by atoms with Gasteiger partial charge in [0.1, 0.15) is 12.6 Å². The van der Waals surface area contributed by atoms with Crippen molar-refractivity contribution in [2.75, 3.05) is 6.61 Å². The number of hydrogen-bond donors (Lipinski definition) is 3. The van der Waals surface area contributed by atoms with Crippen molar-refractivity contribution >= 4 is 15.9 Å². The van der Waals surface area contributed by atoms with Gasteiger partial charge in [-0.05, 0) is 22.0 Å². The lowest BCUT2D eigenvalue weighted by Crippen LogP contribution is -2.36. The number of aliphatic hydroxyl groups excluding tert-OH is 1. The molecule has 0 aromatic heterocycles. The monoisotopic (exact) mass is 299 g/mol. The summed E-state index contributed by atoms with van der Waals surface area (Å²) in [5.74, 6) is -5.64. The van der Waals surface area contributed by atoms with E-state index in [1.165, 1.54) is 0 Å². The molecule has 1 aromatic carbocycles. The van der Waals surface area contributed by atoms with Gasteiger partial charge in [-0.1, -0.05) is 6.07 Å². The van der Waals surface area contributed by atoms with Gasteiger partial charge in [-0.15, -0.1) is 0 Å². The lowest BCUT2D eigenvalue weighted by Gasteiger charge is -2.22. The number of phenolic OH excluding ortho intramolecular Hbond substituents is 1. The van der Waals surface area contributed by atoms with Crippen LogP contribution < -0.4 is 5.73 Å². The van der Waals surface area contributed by atoms with Crippen molar-refractivity contribution in [1.29, 1.82) is 0 Å². The molecule has 0 aliphatic heterocycles. The molecule has 0 amide bonds. The molecule has 1 atom stereocenters. The number of halogens is 4. The zero-order valence-electron chi connectivity index (χ0n) is 7.92. The summed E-state index contributed by atoms with van der Waals surface area (Å²) in [6.45, 7) is -1.48. The van der Waals surface area contributed by atoms with Gasteiger partial charge in [0, 0.05) is 5.56 Å². The Labute approximate surface area is 97.8 Å². The molecule has 0 saturated carbocycles. The first kappa shape index (κ1) is 13.3. The van der Waals surface area contributed by atoms with E-state index in [4.69, 9.17) is 10.8 Å². The van der Waals surface area contributed by atoms with Crippen LogP contribution in [0, 0.1) is 5.82 Å². The van der Waals surface area contributed by atoms with Crippen LogP contribution in [0.2, 0.25) is 0 Å². The quantitative estimate of drug-likeness (QED) is 0.799. The van der Waals surface area contributed by atoms with Crippen LogP contribution in [0.15, 0.2) is 16.6 Å². The second-order valence-corrected chi connectivity index (χ2v) is 4.05. The van der Waals surface area contributed by atoms with Gasteiger partial charge in [0.05, 0.1) is 4.47 Å². The van der Waals surface area contributed by atoms with Gasteiger partial charge < -0.3 is 15.9 Å². The molecule has 0 aliphatic rings. The summed E-state index contributed by atoms with van der Waals surface area (Å²) >= 11 is 2.78. The second-order valence-electron chi connectivity index (χ2n) is 3.20. The summed E-state index contributed by atoms with van der Waals surface area (Å²) < 4.78 is 39.2. The van der Waals surface area contributed by atoms with E-state index in [-0.39, 0.29) is 4.47 Å². The molecular formula is C9H9BrF3NO2. The minimum atomic E-state index is -3.63. The zero-order chi connectivity index (χ0) is 12.5. The second kappa shape index (κ2) is 4.60. The summed E-state index contributed by atoms with van der Waals surface area (Å²) in [6, 6.07) is 0.245. The predicted octanol–water partition coefficient (Wildman–Crippen LogP) is 1.92. The van der Waals surface area contributed by atoms with Gasteiger partial charge in [-0.25, -0.2) is 13.2 Å². The summed E-state index contributed by atoms with van der Waals surface area (Å²) in [6.07, 6.45) is 0. The summed E-state index contributed by atoms with van der Waals surface area (Å²) in [7, 11) is 0.